The molecule has 3 rings (SSSR count). The Bertz CT molecular complexity index is 763. The highest BCUT2D eigenvalue weighted by atomic mass is 32.2. The van der Waals surface area contributed by atoms with Gasteiger partial charge in [0.05, 0.1) is 17.3 Å². The number of sulfone groups is 1. The van der Waals surface area contributed by atoms with Crippen LogP contribution in [0.3, 0.4) is 0 Å². The molecule has 0 unspecified atom stereocenters. The van der Waals surface area contributed by atoms with Crippen LogP contribution in [-0.4, -0.2) is 55.9 Å². The highest BCUT2D eigenvalue weighted by Gasteiger charge is 2.34. The Morgan fingerprint density at radius 3 is 2.77 bits per heavy atom. The van der Waals surface area contributed by atoms with Crippen molar-refractivity contribution in [2.75, 3.05) is 30.6 Å². The highest BCUT2D eigenvalue weighted by Crippen LogP contribution is 2.33. The monoisotopic (exact) mass is 399 g/mol. The third-order valence-corrected chi connectivity index (χ3v) is 7.20. The minimum atomic E-state index is -3.01. The van der Waals surface area contributed by atoms with Crippen molar-refractivity contribution in [1.82, 2.24) is 4.90 Å². The average Bonchev–Trinajstić information content (AvgIpc) is 3.17. The van der Waals surface area contributed by atoms with Crippen LogP contribution >= 0.6 is 11.8 Å². The molecular formula is C18H25NO5S2. The van der Waals surface area contributed by atoms with Gasteiger partial charge < -0.3 is 14.4 Å². The quantitative estimate of drug-likeness (QED) is 0.701. The van der Waals surface area contributed by atoms with Crippen LogP contribution in [0.15, 0.2) is 18.2 Å². The fraction of sp³-hybridized carbons (Fsp3) is 0.611. The van der Waals surface area contributed by atoms with Gasteiger partial charge in [-0.25, -0.2) is 8.42 Å². The summed E-state index contributed by atoms with van der Waals surface area (Å²) in [6, 6.07) is 5.62. The highest BCUT2D eigenvalue weighted by molar-refractivity contribution is 7.99. The van der Waals surface area contributed by atoms with E-state index in [1.54, 1.807) is 4.90 Å². The van der Waals surface area contributed by atoms with Crippen molar-refractivity contribution in [1.29, 1.82) is 0 Å². The summed E-state index contributed by atoms with van der Waals surface area (Å²) < 4.78 is 34.2. The van der Waals surface area contributed by atoms with Gasteiger partial charge in [-0.05, 0) is 30.0 Å². The van der Waals surface area contributed by atoms with Crippen LogP contribution in [-0.2, 0) is 20.4 Å². The number of rotatable bonds is 7. The second kappa shape index (κ2) is 8.08. The number of fused-ring (bicyclic) bond motifs is 1. The largest absolute Gasteiger partial charge is 0.454 e. The normalized spacial score (nSPS) is 20.5. The lowest BCUT2D eigenvalue weighted by Gasteiger charge is -2.30. The predicted octanol–water partition coefficient (Wildman–Crippen LogP) is 2.32. The fourth-order valence-corrected chi connectivity index (χ4v) is 5.83. The van der Waals surface area contributed by atoms with Gasteiger partial charge in [-0.1, -0.05) is 19.9 Å². The first-order valence-electron chi connectivity index (χ1n) is 8.80. The summed E-state index contributed by atoms with van der Waals surface area (Å²) in [5.41, 5.74) is 1.07. The standard InChI is InChI=1S/C18H25NO5S2/c1-13(2)8-19(15-5-6-26(21,22)11-15)18(20)10-25-9-14-3-4-16-17(7-14)24-12-23-16/h3-4,7,13,15H,5-6,8-12H2,1-2H3/t15-/m1/s1. The summed E-state index contributed by atoms with van der Waals surface area (Å²) in [7, 11) is -3.01. The van der Waals surface area contributed by atoms with E-state index in [1.165, 1.54) is 11.8 Å². The lowest BCUT2D eigenvalue weighted by Crippen LogP contribution is -2.44. The van der Waals surface area contributed by atoms with E-state index in [0.717, 1.165) is 17.1 Å². The van der Waals surface area contributed by atoms with Crippen LogP contribution in [0, 0.1) is 5.92 Å². The fourth-order valence-electron chi connectivity index (χ4n) is 3.24. The van der Waals surface area contributed by atoms with Gasteiger partial charge in [0, 0.05) is 18.3 Å². The molecule has 1 fully saturated rings. The van der Waals surface area contributed by atoms with E-state index >= 15 is 0 Å². The van der Waals surface area contributed by atoms with Crippen molar-refractivity contribution in [3.63, 3.8) is 0 Å². The van der Waals surface area contributed by atoms with Crippen molar-refractivity contribution in [2.45, 2.75) is 32.1 Å². The number of carbonyl (C=O) groups excluding carboxylic acids is 1. The number of thioether (sulfide) groups is 1. The first-order chi connectivity index (χ1) is 12.3. The number of hydrogen-bond acceptors (Lipinski definition) is 6. The van der Waals surface area contributed by atoms with E-state index in [4.69, 9.17) is 9.47 Å². The lowest BCUT2D eigenvalue weighted by molar-refractivity contribution is -0.130. The van der Waals surface area contributed by atoms with E-state index in [0.29, 0.717) is 30.4 Å². The number of ether oxygens (including phenoxy) is 2. The molecule has 0 aromatic heterocycles. The van der Waals surface area contributed by atoms with Crippen molar-refractivity contribution in [3.8, 4) is 11.5 Å². The summed E-state index contributed by atoms with van der Waals surface area (Å²) >= 11 is 1.54. The molecule has 1 saturated heterocycles. The molecule has 1 aromatic carbocycles. The van der Waals surface area contributed by atoms with Gasteiger partial charge in [-0.2, -0.15) is 0 Å². The molecule has 1 amide bonds. The van der Waals surface area contributed by atoms with Gasteiger partial charge in [0.1, 0.15) is 0 Å². The topological polar surface area (TPSA) is 72.9 Å². The van der Waals surface area contributed by atoms with Crippen LogP contribution in [0.5, 0.6) is 11.5 Å². The van der Waals surface area contributed by atoms with Crippen molar-refractivity contribution in [3.05, 3.63) is 23.8 Å². The van der Waals surface area contributed by atoms with Gasteiger partial charge in [0.2, 0.25) is 12.7 Å². The Morgan fingerprint density at radius 2 is 2.08 bits per heavy atom. The molecule has 6 nitrogen and oxygen atoms in total. The van der Waals surface area contributed by atoms with Gasteiger partial charge in [-0.3, -0.25) is 4.79 Å². The molecule has 0 aliphatic carbocycles. The zero-order valence-electron chi connectivity index (χ0n) is 15.1. The van der Waals surface area contributed by atoms with Gasteiger partial charge in [0.25, 0.3) is 0 Å². The Morgan fingerprint density at radius 1 is 1.31 bits per heavy atom. The first-order valence-corrected chi connectivity index (χ1v) is 11.8. The van der Waals surface area contributed by atoms with E-state index in [1.807, 2.05) is 32.0 Å². The molecule has 0 saturated carbocycles. The molecule has 144 valence electrons. The Kier molecular flexibility index (Phi) is 6.02. The smallest absolute Gasteiger partial charge is 0.232 e. The Balaban J connectivity index is 1.55. The SMILES string of the molecule is CC(C)CN(C(=O)CSCc1ccc2c(c1)OCO2)[C@@H]1CCS(=O)(=O)C1. The lowest BCUT2D eigenvalue weighted by atomic mass is 10.1. The maximum atomic E-state index is 12.7. The van der Waals surface area contributed by atoms with Crippen LogP contribution in [0.4, 0.5) is 0 Å². The third kappa shape index (κ3) is 4.85. The minimum Gasteiger partial charge on any atom is -0.454 e. The molecule has 2 aliphatic rings. The maximum Gasteiger partial charge on any atom is 0.232 e. The summed E-state index contributed by atoms with van der Waals surface area (Å²) in [5.74, 6) is 3.14. The average molecular weight is 400 g/mol. The van der Waals surface area contributed by atoms with E-state index in [9.17, 15) is 13.2 Å². The minimum absolute atomic E-state index is 0.0199. The maximum absolute atomic E-state index is 12.7. The molecule has 0 spiro atoms. The summed E-state index contributed by atoms with van der Waals surface area (Å²) in [5, 5.41) is 0. The molecule has 1 atom stereocenters. The zero-order valence-corrected chi connectivity index (χ0v) is 16.8. The molecule has 2 aliphatic heterocycles. The second-order valence-corrected chi connectivity index (χ2v) is 10.4. The predicted molar refractivity (Wildman–Crippen MR) is 102 cm³/mol. The zero-order chi connectivity index (χ0) is 18.7. The van der Waals surface area contributed by atoms with E-state index in [-0.39, 0.29) is 30.2 Å². The van der Waals surface area contributed by atoms with Crippen LogP contribution in [0.1, 0.15) is 25.8 Å². The third-order valence-electron chi connectivity index (χ3n) is 4.46. The van der Waals surface area contributed by atoms with Crippen LogP contribution in [0.25, 0.3) is 0 Å². The molecular weight excluding hydrogens is 374 g/mol. The van der Waals surface area contributed by atoms with E-state index < -0.39 is 9.84 Å². The molecule has 8 heteroatoms. The summed E-state index contributed by atoms with van der Waals surface area (Å²) in [4.78, 5) is 14.5. The van der Waals surface area contributed by atoms with Crippen molar-refractivity contribution in [2.24, 2.45) is 5.92 Å². The van der Waals surface area contributed by atoms with Gasteiger partial charge in [-0.15, -0.1) is 11.8 Å². The van der Waals surface area contributed by atoms with Gasteiger partial charge >= 0.3 is 0 Å². The van der Waals surface area contributed by atoms with Gasteiger partial charge in [0.15, 0.2) is 21.3 Å². The molecule has 0 bridgehead atoms. The molecule has 2 heterocycles. The second-order valence-electron chi connectivity index (χ2n) is 7.18. The molecule has 26 heavy (non-hydrogen) atoms. The number of carbonyl (C=O) groups is 1. The number of nitrogens with zero attached hydrogens (tertiary/aromatic N) is 1. The molecule has 1 aromatic rings. The van der Waals surface area contributed by atoms with E-state index in [2.05, 4.69) is 0 Å². The Labute approximate surface area is 159 Å². The number of hydrogen-bond donors (Lipinski definition) is 0. The molecule has 0 N–H and O–H groups in total. The summed E-state index contributed by atoms with van der Waals surface area (Å²) in [6.07, 6.45) is 0.549. The van der Waals surface area contributed by atoms with Crippen LogP contribution < -0.4 is 9.47 Å². The summed E-state index contributed by atoms with van der Waals surface area (Å²) in [6.45, 7) is 4.94. The van der Waals surface area contributed by atoms with Crippen molar-refractivity contribution >= 4 is 27.5 Å². The number of amides is 1. The first kappa shape index (κ1) is 19.4. The molecule has 0 radical (unpaired) electrons. The van der Waals surface area contributed by atoms with Crippen LogP contribution in [0.2, 0.25) is 0 Å². The van der Waals surface area contributed by atoms with Crippen molar-refractivity contribution < 1.29 is 22.7 Å². The Hall–Kier alpha value is -1.41. The number of benzene rings is 1.